The van der Waals surface area contributed by atoms with Crippen LogP contribution in [0.4, 0.5) is 0 Å². The van der Waals surface area contributed by atoms with Crippen LogP contribution < -0.4 is 18.9 Å². The molecule has 0 heterocycles. The fourth-order valence-corrected chi connectivity index (χ4v) is 5.22. The minimum absolute atomic E-state index is 0.0304. The molecular weight excluding hydrogens is 644 g/mol. The van der Waals surface area contributed by atoms with Crippen LogP contribution in [0.25, 0.3) is 0 Å². The maximum atomic E-state index is 13.2. The fraction of sp³-hybridized carbons (Fsp3) is 0.0698. The van der Waals surface area contributed by atoms with E-state index in [9.17, 15) is 19.2 Å². The first kappa shape index (κ1) is 34.1. The first-order valence-electron chi connectivity index (χ1n) is 16.1. The molecule has 51 heavy (non-hydrogen) atoms. The summed E-state index contributed by atoms with van der Waals surface area (Å²) in [6.45, 7) is 3.85. The number of rotatable bonds is 10. The zero-order valence-corrected chi connectivity index (χ0v) is 27.8. The number of benzene rings is 6. The quantitative estimate of drug-likeness (QED) is 0.105. The molecule has 0 amide bonds. The summed E-state index contributed by atoms with van der Waals surface area (Å²) in [6, 6.07) is 43.8. The number of hydrogen-bond acceptors (Lipinski definition) is 8. The first-order valence-corrected chi connectivity index (χ1v) is 16.1. The van der Waals surface area contributed by atoms with Crippen LogP contribution >= 0.6 is 0 Å². The number of hydrogen-bond donors (Lipinski definition) is 0. The van der Waals surface area contributed by atoms with E-state index >= 15 is 0 Å². The molecule has 0 radical (unpaired) electrons. The van der Waals surface area contributed by atoms with Crippen molar-refractivity contribution in [2.45, 2.75) is 19.3 Å². The van der Waals surface area contributed by atoms with Gasteiger partial charge in [0.15, 0.2) is 23.0 Å². The van der Waals surface area contributed by atoms with Crippen molar-refractivity contribution in [1.29, 1.82) is 0 Å². The van der Waals surface area contributed by atoms with Gasteiger partial charge in [0.05, 0.1) is 22.3 Å². The Hall–Kier alpha value is -6.80. The Morgan fingerprint density at radius 1 is 0.353 bits per heavy atom. The molecule has 0 bridgehead atoms. The third-order valence-corrected chi connectivity index (χ3v) is 8.18. The highest BCUT2D eigenvalue weighted by molar-refractivity contribution is 5.94. The van der Waals surface area contributed by atoms with Gasteiger partial charge < -0.3 is 18.9 Å². The summed E-state index contributed by atoms with van der Waals surface area (Å²) in [4.78, 5) is 52.4. The fourth-order valence-electron chi connectivity index (χ4n) is 5.22. The lowest BCUT2D eigenvalue weighted by atomic mass is 9.78. The minimum atomic E-state index is -0.814. The van der Waals surface area contributed by atoms with Crippen molar-refractivity contribution in [2.24, 2.45) is 0 Å². The lowest BCUT2D eigenvalue weighted by molar-refractivity contribution is 0.0682. The predicted molar refractivity (Wildman–Crippen MR) is 191 cm³/mol. The molecule has 0 N–H and O–H groups in total. The number of esters is 4. The summed E-state index contributed by atoms with van der Waals surface area (Å²) in [5, 5.41) is 0. The molecule has 0 spiro atoms. The molecule has 0 aliphatic heterocycles. The molecule has 252 valence electrons. The van der Waals surface area contributed by atoms with Crippen molar-refractivity contribution in [3.8, 4) is 23.0 Å². The maximum Gasteiger partial charge on any atom is 0.343 e. The normalized spacial score (nSPS) is 10.9. The van der Waals surface area contributed by atoms with Crippen LogP contribution in [0.3, 0.4) is 0 Å². The Balaban J connectivity index is 1.36. The largest absolute Gasteiger partial charge is 0.419 e. The second-order valence-electron chi connectivity index (χ2n) is 12.0. The molecule has 0 aliphatic carbocycles. The number of carbonyl (C=O) groups is 4. The van der Waals surface area contributed by atoms with Crippen LogP contribution in [-0.4, -0.2) is 23.9 Å². The highest BCUT2D eigenvalue weighted by Crippen LogP contribution is 2.41. The standard InChI is InChI=1S/C43H32O8/c1-43(2,33-23-25-35(48-39(44)29-15-7-3-8-16-29)37(27-33)50-41(46)31-19-11-5-12-20-31)34-24-26-36(49-40(45)30-17-9-4-10-18-30)38(28-34)51-42(47)32-21-13-6-14-22-32/h3-28H,1-2H3. The summed E-state index contributed by atoms with van der Waals surface area (Å²) in [6.07, 6.45) is 0. The van der Waals surface area contributed by atoms with Crippen molar-refractivity contribution in [3.63, 3.8) is 0 Å². The molecule has 0 aliphatic rings. The summed E-state index contributed by atoms with van der Waals surface area (Å²) in [5.41, 5.74) is 1.81. The highest BCUT2D eigenvalue weighted by atomic mass is 16.6. The van der Waals surface area contributed by atoms with Gasteiger partial charge in [0, 0.05) is 5.41 Å². The van der Waals surface area contributed by atoms with Gasteiger partial charge in [-0.1, -0.05) is 98.8 Å². The summed E-state index contributed by atoms with van der Waals surface area (Å²) in [7, 11) is 0. The zero-order valence-electron chi connectivity index (χ0n) is 27.8. The highest BCUT2D eigenvalue weighted by Gasteiger charge is 2.28. The Morgan fingerprint density at radius 3 is 0.882 bits per heavy atom. The lowest BCUT2D eigenvalue weighted by Gasteiger charge is -2.28. The number of carbonyl (C=O) groups excluding carboxylic acids is 4. The minimum Gasteiger partial charge on any atom is -0.419 e. The lowest BCUT2D eigenvalue weighted by Crippen LogP contribution is -2.21. The average molecular weight is 677 g/mol. The van der Waals surface area contributed by atoms with Gasteiger partial charge in [0.2, 0.25) is 0 Å². The zero-order chi connectivity index (χ0) is 35.8. The van der Waals surface area contributed by atoms with Crippen LogP contribution in [0, 0.1) is 0 Å². The van der Waals surface area contributed by atoms with Crippen LogP contribution in [0.1, 0.15) is 66.4 Å². The van der Waals surface area contributed by atoms with Gasteiger partial charge in [-0.05, 0) is 83.9 Å². The molecule has 0 unspecified atom stereocenters. The van der Waals surface area contributed by atoms with Gasteiger partial charge >= 0.3 is 23.9 Å². The van der Waals surface area contributed by atoms with Crippen molar-refractivity contribution in [1.82, 2.24) is 0 Å². The summed E-state index contributed by atoms with van der Waals surface area (Å²) >= 11 is 0. The van der Waals surface area contributed by atoms with Crippen molar-refractivity contribution >= 4 is 23.9 Å². The third-order valence-electron chi connectivity index (χ3n) is 8.18. The van der Waals surface area contributed by atoms with E-state index in [1.165, 1.54) is 0 Å². The van der Waals surface area contributed by atoms with Gasteiger partial charge in [0.25, 0.3) is 0 Å². The molecule has 0 saturated carbocycles. The van der Waals surface area contributed by atoms with E-state index in [1.54, 1.807) is 158 Å². The van der Waals surface area contributed by atoms with Crippen molar-refractivity contribution in [2.75, 3.05) is 0 Å². The van der Waals surface area contributed by atoms with Gasteiger partial charge in [-0.3, -0.25) is 0 Å². The molecule has 0 atom stereocenters. The Kier molecular flexibility index (Phi) is 10.1. The SMILES string of the molecule is CC(C)(c1ccc(OC(=O)c2ccccc2)c(OC(=O)c2ccccc2)c1)c1ccc(OC(=O)c2ccccc2)c(OC(=O)c2ccccc2)c1. The second-order valence-corrected chi connectivity index (χ2v) is 12.0. The Morgan fingerprint density at radius 2 is 0.608 bits per heavy atom. The molecular formula is C43H32O8. The van der Waals surface area contributed by atoms with E-state index in [0.29, 0.717) is 33.4 Å². The predicted octanol–water partition coefficient (Wildman–Crippen LogP) is 8.89. The van der Waals surface area contributed by atoms with Crippen LogP contribution in [0.5, 0.6) is 23.0 Å². The third kappa shape index (κ3) is 8.09. The van der Waals surface area contributed by atoms with E-state index in [1.807, 2.05) is 13.8 Å². The number of ether oxygens (including phenoxy) is 4. The van der Waals surface area contributed by atoms with Gasteiger partial charge in [0.1, 0.15) is 0 Å². The van der Waals surface area contributed by atoms with E-state index in [-0.39, 0.29) is 23.0 Å². The van der Waals surface area contributed by atoms with Crippen LogP contribution in [0.2, 0.25) is 0 Å². The van der Waals surface area contributed by atoms with Crippen LogP contribution in [0.15, 0.2) is 158 Å². The second kappa shape index (κ2) is 15.2. The molecule has 6 rings (SSSR count). The molecule has 6 aromatic rings. The topological polar surface area (TPSA) is 105 Å². The molecule has 0 aromatic heterocycles. The summed E-state index contributed by atoms with van der Waals surface area (Å²) in [5.74, 6) is -2.35. The Labute approximate surface area is 294 Å². The van der Waals surface area contributed by atoms with Crippen LogP contribution in [-0.2, 0) is 5.41 Å². The van der Waals surface area contributed by atoms with Gasteiger partial charge in [-0.25, -0.2) is 19.2 Å². The van der Waals surface area contributed by atoms with E-state index < -0.39 is 29.3 Å². The Bertz CT molecular complexity index is 2020. The van der Waals surface area contributed by atoms with E-state index in [0.717, 1.165) is 0 Å². The first-order chi connectivity index (χ1) is 24.7. The van der Waals surface area contributed by atoms with E-state index in [2.05, 4.69) is 0 Å². The smallest absolute Gasteiger partial charge is 0.343 e. The van der Waals surface area contributed by atoms with Gasteiger partial charge in [-0.15, -0.1) is 0 Å². The summed E-state index contributed by atoms with van der Waals surface area (Å²) < 4.78 is 23.1. The molecule has 0 fully saturated rings. The van der Waals surface area contributed by atoms with Gasteiger partial charge in [-0.2, -0.15) is 0 Å². The van der Waals surface area contributed by atoms with Crippen molar-refractivity contribution in [3.05, 3.63) is 191 Å². The molecule has 0 saturated heterocycles. The van der Waals surface area contributed by atoms with E-state index in [4.69, 9.17) is 18.9 Å². The molecule has 6 aromatic carbocycles. The molecule has 8 nitrogen and oxygen atoms in total. The monoisotopic (exact) mass is 676 g/mol. The average Bonchev–Trinajstić information content (AvgIpc) is 3.17. The molecule has 8 heteroatoms. The van der Waals surface area contributed by atoms with Crippen molar-refractivity contribution < 1.29 is 38.1 Å². The maximum absolute atomic E-state index is 13.2.